The van der Waals surface area contributed by atoms with E-state index in [-0.39, 0.29) is 34.4 Å². The van der Waals surface area contributed by atoms with Crippen molar-refractivity contribution in [3.63, 3.8) is 0 Å². The van der Waals surface area contributed by atoms with Crippen molar-refractivity contribution in [2.75, 3.05) is 11.9 Å². The monoisotopic (exact) mass is 399 g/mol. The summed E-state index contributed by atoms with van der Waals surface area (Å²) in [6, 6.07) is 10.9. The lowest BCUT2D eigenvalue weighted by Gasteiger charge is -2.28. The van der Waals surface area contributed by atoms with E-state index in [9.17, 15) is 18.3 Å². The Morgan fingerprint density at radius 2 is 1.89 bits per heavy atom. The Hall–Kier alpha value is -2.29. The third-order valence-corrected chi connectivity index (χ3v) is 8.30. The first-order valence-electron chi connectivity index (χ1n) is 9.47. The number of pyridine rings is 1. The van der Waals surface area contributed by atoms with Crippen molar-refractivity contribution in [3.8, 4) is 0 Å². The molecule has 146 valence electrons. The number of benzene rings is 1. The summed E-state index contributed by atoms with van der Waals surface area (Å²) < 4.78 is 27.8. The van der Waals surface area contributed by atoms with Gasteiger partial charge in [0, 0.05) is 18.4 Å². The zero-order chi connectivity index (χ0) is 19.5. The fourth-order valence-corrected chi connectivity index (χ4v) is 6.91. The molecule has 1 amide bonds. The number of carbonyl (C=O) groups is 1. The molecule has 1 aromatic heterocycles. The van der Waals surface area contributed by atoms with Crippen LogP contribution in [-0.4, -0.2) is 47.4 Å². The molecule has 0 radical (unpaired) electrons. The molecular formula is C20H21N3O4S. The van der Waals surface area contributed by atoms with Crippen molar-refractivity contribution >= 4 is 21.6 Å². The highest BCUT2D eigenvalue weighted by molar-refractivity contribution is 7.89. The second kappa shape index (κ2) is 6.37. The van der Waals surface area contributed by atoms with E-state index in [1.807, 2.05) is 0 Å². The number of carbonyl (C=O) groups excluding carboxylic acids is 1. The van der Waals surface area contributed by atoms with E-state index in [1.165, 1.54) is 22.6 Å². The molecule has 2 aromatic rings. The molecule has 2 heterocycles. The summed E-state index contributed by atoms with van der Waals surface area (Å²) >= 11 is 0. The number of aliphatic hydroxyl groups is 1. The molecule has 8 heteroatoms. The SMILES string of the molecule is O=C(Nc1ccc(S(=O)(=O)N2C[C@@H]3C[C@H]4C[C@H]3[C@H]2[C@@H]4O)cc1)c1ccccn1. The van der Waals surface area contributed by atoms with Crippen LogP contribution in [0, 0.1) is 17.8 Å². The number of amides is 1. The summed E-state index contributed by atoms with van der Waals surface area (Å²) in [4.78, 5) is 16.4. The van der Waals surface area contributed by atoms with E-state index in [2.05, 4.69) is 10.3 Å². The minimum absolute atomic E-state index is 0.181. The lowest BCUT2D eigenvalue weighted by molar-refractivity contribution is 0.0731. The van der Waals surface area contributed by atoms with Gasteiger partial charge in [0.2, 0.25) is 10.0 Å². The van der Waals surface area contributed by atoms with Crippen molar-refractivity contribution in [2.45, 2.75) is 29.9 Å². The van der Waals surface area contributed by atoms with Gasteiger partial charge in [0.1, 0.15) is 5.69 Å². The Morgan fingerprint density at radius 1 is 1.11 bits per heavy atom. The van der Waals surface area contributed by atoms with Gasteiger partial charge in [-0.3, -0.25) is 9.78 Å². The summed E-state index contributed by atoms with van der Waals surface area (Å²) in [7, 11) is -3.68. The first-order valence-corrected chi connectivity index (χ1v) is 10.9. The predicted octanol–water partition coefficient (Wildman–Crippen LogP) is 1.72. The average molecular weight is 399 g/mol. The topological polar surface area (TPSA) is 99.6 Å². The van der Waals surface area contributed by atoms with Gasteiger partial charge < -0.3 is 10.4 Å². The predicted molar refractivity (Wildman–Crippen MR) is 102 cm³/mol. The van der Waals surface area contributed by atoms with Gasteiger partial charge in [-0.15, -0.1) is 0 Å². The van der Waals surface area contributed by atoms with Crippen molar-refractivity contribution in [1.82, 2.24) is 9.29 Å². The number of nitrogens with zero attached hydrogens (tertiary/aromatic N) is 2. The molecule has 0 unspecified atom stereocenters. The van der Waals surface area contributed by atoms with Gasteiger partial charge in [-0.1, -0.05) is 6.07 Å². The van der Waals surface area contributed by atoms with Crippen LogP contribution in [0.5, 0.6) is 0 Å². The summed E-state index contributed by atoms with van der Waals surface area (Å²) in [5.74, 6) is 0.536. The molecule has 3 fully saturated rings. The standard InChI is InChI=1S/C20H21N3O4S/c24-19-12-9-13-11-23(18(19)16(13)10-12)28(26,27)15-6-4-14(5-7-15)22-20(25)17-3-1-2-8-21-17/h1-8,12-13,16,18-19,24H,9-11H2,(H,22,25)/t12-,13-,16+,18-,19+/m0/s1. The zero-order valence-corrected chi connectivity index (χ0v) is 15.9. The van der Waals surface area contributed by atoms with Crippen molar-refractivity contribution < 1.29 is 18.3 Å². The molecule has 1 aromatic carbocycles. The lowest BCUT2D eigenvalue weighted by Crippen LogP contribution is -2.43. The van der Waals surface area contributed by atoms with E-state index < -0.39 is 16.1 Å². The zero-order valence-electron chi connectivity index (χ0n) is 15.1. The van der Waals surface area contributed by atoms with Crippen LogP contribution in [0.15, 0.2) is 53.6 Å². The van der Waals surface area contributed by atoms with Crippen LogP contribution in [0.25, 0.3) is 0 Å². The Balaban J connectivity index is 1.35. The summed E-state index contributed by atoms with van der Waals surface area (Å²) in [6.45, 7) is 0.489. The number of sulfonamides is 1. The van der Waals surface area contributed by atoms with Crippen molar-refractivity contribution in [3.05, 3.63) is 54.4 Å². The summed E-state index contributed by atoms with van der Waals surface area (Å²) in [5.41, 5.74) is 0.786. The van der Waals surface area contributed by atoms with E-state index in [0.29, 0.717) is 18.2 Å². The van der Waals surface area contributed by atoms with Gasteiger partial charge in [-0.05, 0) is 67.0 Å². The van der Waals surface area contributed by atoms with Gasteiger partial charge in [-0.2, -0.15) is 4.31 Å². The fourth-order valence-electron chi connectivity index (χ4n) is 5.17. The van der Waals surface area contributed by atoms with Crippen molar-refractivity contribution in [1.29, 1.82) is 0 Å². The third-order valence-electron chi connectivity index (χ3n) is 6.42. The Labute approximate surface area is 163 Å². The maximum Gasteiger partial charge on any atom is 0.274 e. The van der Waals surface area contributed by atoms with Crippen LogP contribution >= 0.6 is 0 Å². The van der Waals surface area contributed by atoms with Gasteiger partial charge in [-0.25, -0.2) is 8.42 Å². The molecule has 5 rings (SSSR count). The van der Waals surface area contributed by atoms with Crippen LogP contribution < -0.4 is 5.32 Å². The molecule has 2 saturated carbocycles. The smallest absolute Gasteiger partial charge is 0.274 e. The first-order chi connectivity index (χ1) is 13.4. The Bertz CT molecular complexity index is 1010. The van der Waals surface area contributed by atoms with E-state index in [0.717, 1.165) is 12.8 Å². The first kappa shape index (κ1) is 17.8. The van der Waals surface area contributed by atoms with Crippen LogP contribution in [0.2, 0.25) is 0 Å². The molecule has 5 atom stereocenters. The minimum atomic E-state index is -3.68. The molecule has 0 spiro atoms. The second-order valence-corrected chi connectivity index (χ2v) is 9.80. The molecule has 2 bridgehead atoms. The highest BCUT2D eigenvalue weighted by Gasteiger charge is 2.61. The number of hydrogen-bond acceptors (Lipinski definition) is 5. The number of hydrogen-bond donors (Lipinski definition) is 2. The molecule has 1 aliphatic heterocycles. The molecule has 7 nitrogen and oxygen atoms in total. The number of rotatable bonds is 4. The second-order valence-electron chi connectivity index (χ2n) is 7.90. The number of nitrogens with one attached hydrogen (secondary N) is 1. The van der Waals surface area contributed by atoms with Crippen molar-refractivity contribution in [2.24, 2.45) is 17.8 Å². The van der Waals surface area contributed by atoms with Gasteiger partial charge in [0.25, 0.3) is 5.91 Å². The Kier molecular flexibility index (Phi) is 4.04. The fraction of sp³-hybridized carbons (Fsp3) is 0.400. The van der Waals surface area contributed by atoms with Crippen LogP contribution in [0.4, 0.5) is 5.69 Å². The number of aromatic nitrogens is 1. The number of fused-ring (bicyclic) bond motifs is 1. The quantitative estimate of drug-likeness (QED) is 0.816. The molecular weight excluding hydrogens is 378 g/mol. The van der Waals surface area contributed by atoms with E-state index >= 15 is 0 Å². The normalized spacial score (nSPS) is 31.2. The van der Waals surface area contributed by atoms with Crippen LogP contribution in [-0.2, 0) is 10.0 Å². The molecule has 1 saturated heterocycles. The minimum Gasteiger partial charge on any atom is -0.391 e. The largest absolute Gasteiger partial charge is 0.391 e. The highest BCUT2D eigenvalue weighted by Crippen LogP contribution is 2.56. The van der Waals surface area contributed by atoms with Gasteiger partial charge in [0.05, 0.1) is 17.0 Å². The van der Waals surface area contributed by atoms with Gasteiger partial charge >= 0.3 is 0 Å². The summed E-state index contributed by atoms with van der Waals surface area (Å²) in [5, 5.41) is 13.2. The van der Waals surface area contributed by atoms with Crippen LogP contribution in [0.3, 0.4) is 0 Å². The molecule has 2 aliphatic carbocycles. The van der Waals surface area contributed by atoms with Gasteiger partial charge in [0.15, 0.2) is 0 Å². The lowest BCUT2D eigenvalue weighted by atomic mass is 9.88. The Morgan fingerprint density at radius 3 is 2.57 bits per heavy atom. The highest BCUT2D eigenvalue weighted by atomic mass is 32.2. The molecule has 28 heavy (non-hydrogen) atoms. The third kappa shape index (κ3) is 2.67. The summed E-state index contributed by atoms with van der Waals surface area (Å²) in [6.07, 6.45) is 2.83. The molecule has 2 N–H and O–H groups in total. The van der Waals surface area contributed by atoms with E-state index in [1.54, 1.807) is 30.3 Å². The number of anilines is 1. The average Bonchev–Trinajstić information content (AvgIpc) is 3.32. The molecule has 3 aliphatic rings. The maximum absolute atomic E-state index is 13.2. The van der Waals surface area contributed by atoms with E-state index in [4.69, 9.17) is 0 Å². The maximum atomic E-state index is 13.2. The number of aliphatic hydroxyl groups excluding tert-OH is 1. The van der Waals surface area contributed by atoms with Crippen LogP contribution in [0.1, 0.15) is 23.3 Å².